The van der Waals surface area contributed by atoms with Crippen LogP contribution in [-0.4, -0.2) is 48.4 Å². The van der Waals surface area contributed by atoms with Crippen molar-refractivity contribution < 1.29 is 19.4 Å². The predicted octanol–water partition coefficient (Wildman–Crippen LogP) is 6.06. The summed E-state index contributed by atoms with van der Waals surface area (Å²) in [6.45, 7) is 4.02. The van der Waals surface area contributed by atoms with Crippen molar-refractivity contribution in [3.63, 3.8) is 0 Å². The van der Waals surface area contributed by atoms with Crippen LogP contribution in [0.3, 0.4) is 0 Å². The van der Waals surface area contributed by atoms with Gasteiger partial charge in [0.2, 0.25) is 0 Å². The second-order valence-electron chi connectivity index (χ2n) is 9.76. The van der Waals surface area contributed by atoms with E-state index >= 15 is 0 Å². The van der Waals surface area contributed by atoms with Gasteiger partial charge in [-0.3, -0.25) is 9.69 Å². The molecule has 0 aliphatic carbocycles. The van der Waals surface area contributed by atoms with Gasteiger partial charge in [-0.1, -0.05) is 60.7 Å². The Morgan fingerprint density at radius 2 is 1.90 bits per heavy atom. The summed E-state index contributed by atoms with van der Waals surface area (Å²) in [4.78, 5) is 13.8. The Morgan fingerprint density at radius 1 is 1.10 bits per heavy atom. The normalized spacial score (nSPS) is 15.4. The number of benzene rings is 3. The molecule has 1 aliphatic rings. The number of hydrogen-bond acceptors (Lipinski definition) is 6. The highest BCUT2D eigenvalue weighted by molar-refractivity contribution is 5.81. The highest BCUT2D eigenvalue weighted by Crippen LogP contribution is 2.30. The minimum absolute atomic E-state index is 0.146. The van der Waals surface area contributed by atoms with Crippen LogP contribution in [0.1, 0.15) is 47.1 Å². The molecule has 0 bridgehead atoms. The van der Waals surface area contributed by atoms with Crippen LogP contribution in [0.25, 0.3) is 23.3 Å². The van der Waals surface area contributed by atoms with E-state index in [0.717, 1.165) is 46.2 Å². The molecule has 1 unspecified atom stereocenters. The number of rotatable bonds is 11. The Labute approximate surface area is 235 Å². The van der Waals surface area contributed by atoms with Crippen molar-refractivity contribution in [2.45, 2.75) is 38.8 Å². The van der Waals surface area contributed by atoms with Crippen LogP contribution in [-0.2, 0) is 16.1 Å². The van der Waals surface area contributed by atoms with Crippen molar-refractivity contribution in [2.75, 3.05) is 26.4 Å². The van der Waals surface area contributed by atoms with E-state index in [2.05, 4.69) is 12.1 Å². The summed E-state index contributed by atoms with van der Waals surface area (Å²) < 4.78 is 11.6. The summed E-state index contributed by atoms with van der Waals surface area (Å²) in [5.41, 5.74) is 6.15. The lowest BCUT2D eigenvalue weighted by Crippen LogP contribution is -2.49. The summed E-state index contributed by atoms with van der Waals surface area (Å²) in [5, 5.41) is 28.5. The van der Waals surface area contributed by atoms with Gasteiger partial charge in [0.25, 0.3) is 0 Å². The van der Waals surface area contributed by atoms with E-state index in [1.165, 1.54) is 0 Å². The molecule has 3 aromatic carbocycles. The zero-order valence-corrected chi connectivity index (χ0v) is 22.7. The van der Waals surface area contributed by atoms with Crippen LogP contribution in [0.2, 0.25) is 0 Å². The third-order valence-corrected chi connectivity index (χ3v) is 7.02. The van der Waals surface area contributed by atoms with Crippen molar-refractivity contribution in [3.8, 4) is 29.0 Å². The molecular weight excluding hydrogens is 502 g/mol. The maximum atomic E-state index is 11.9. The van der Waals surface area contributed by atoms with E-state index in [0.29, 0.717) is 44.0 Å². The minimum Gasteiger partial charge on any atom is -0.493 e. The van der Waals surface area contributed by atoms with Gasteiger partial charge < -0.3 is 14.6 Å². The molecule has 7 nitrogen and oxygen atoms in total. The first-order valence-electron chi connectivity index (χ1n) is 13.5. The summed E-state index contributed by atoms with van der Waals surface area (Å²) >= 11 is 0. The van der Waals surface area contributed by atoms with Gasteiger partial charge in [-0.05, 0) is 54.2 Å². The number of carbonyl (C=O) groups is 1. The van der Waals surface area contributed by atoms with Crippen molar-refractivity contribution in [1.29, 1.82) is 10.5 Å². The van der Waals surface area contributed by atoms with Gasteiger partial charge in [-0.2, -0.15) is 10.5 Å². The number of aryl methyl sites for hydroxylation is 1. The summed E-state index contributed by atoms with van der Waals surface area (Å²) in [6, 6.07) is 23.5. The van der Waals surface area contributed by atoms with Gasteiger partial charge in [-0.15, -0.1) is 0 Å². The van der Waals surface area contributed by atoms with E-state index in [-0.39, 0.29) is 6.61 Å². The molecule has 1 heterocycles. The second-order valence-corrected chi connectivity index (χ2v) is 9.76. The zero-order chi connectivity index (χ0) is 28.3. The third kappa shape index (κ3) is 7.15. The molecule has 1 saturated heterocycles. The van der Waals surface area contributed by atoms with Crippen LogP contribution >= 0.6 is 0 Å². The smallest absolute Gasteiger partial charge is 0.323 e. The van der Waals surface area contributed by atoms with Crippen molar-refractivity contribution >= 4 is 18.1 Å². The second kappa shape index (κ2) is 14.1. The number of carboxylic acids is 1. The summed E-state index contributed by atoms with van der Waals surface area (Å²) in [6.07, 6.45) is 5.96. The van der Waals surface area contributed by atoms with E-state index < -0.39 is 12.0 Å². The number of morpholine rings is 1. The van der Waals surface area contributed by atoms with Gasteiger partial charge in [0.1, 0.15) is 17.9 Å². The van der Waals surface area contributed by atoms with Gasteiger partial charge in [0.15, 0.2) is 0 Å². The Hall–Kier alpha value is -4.43. The first-order chi connectivity index (χ1) is 19.5. The van der Waals surface area contributed by atoms with Crippen LogP contribution in [0.5, 0.6) is 5.75 Å². The van der Waals surface area contributed by atoms with Crippen LogP contribution in [0.15, 0.2) is 60.7 Å². The van der Waals surface area contributed by atoms with Crippen molar-refractivity contribution in [1.82, 2.24) is 4.90 Å². The van der Waals surface area contributed by atoms with Crippen LogP contribution in [0.4, 0.5) is 0 Å². The Morgan fingerprint density at radius 3 is 2.65 bits per heavy atom. The number of nitriles is 2. The fraction of sp³-hybridized carbons (Fsp3) is 0.303. The number of aliphatic carboxylic acids is 1. The molecule has 0 spiro atoms. The first-order valence-corrected chi connectivity index (χ1v) is 13.5. The maximum absolute atomic E-state index is 11.9. The fourth-order valence-corrected chi connectivity index (χ4v) is 4.82. The molecule has 0 aromatic heterocycles. The number of unbranched alkanes of at least 4 members (excludes halogenated alkanes) is 2. The Kier molecular flexibility index (Phi) is 10.1. The molecule has 1 aliphatic heterocycles. The quantitative estimate of drug-likeness (QED) is 0.235. The highest BCUT2D eigenvalue weighted by Gasteiger charge is 2.30. The van der Waals surface area contributed by atoms with Gasteiger partial charge >= 0.3 is 5.97 Å². The lowest BCUT2D eigenvalue weighted by molar-refractivity contribution is -0.150. The molecule has 1 atom stereocenters. The van der Waals surface area contributed by atoms with E-state index in [9.17, 15) is 15.2 Å². The third-order valence-electron chi connectivity index (χ3n) is 7.02. The monoisotopic (exact) mass is 535 g/mol. The number of ether oxygens (including phenoxy) is 2. The largest absolute Gasteiger partial charge is 0.493 e. The van der Waals surface area contributed by atoms with Gasteiger partial charge in [-0.25, -0.2) is 0 Å². The number of carboxylic acid groups (broad SMARTS) is 1. The number of nitrogens with zero attached hydrogens (tertiary/aromatic N) is 3. The lowest BCUT2D eigenvalue weighted by Gasteiger charge is -2.33. The minimum atomic E-state index is -0.909. The highest BCUT2D eigenvalue weighted by atomic mass is 16.5. The molecule has 3 aromatic rings. The van der Waals surface area contributed by atoms with Crippen LogP contribution in [0, 0.1) is 29.6 Å². The lowest BCUT2D eigenvalue weighted by atomic mass is 9.95. The zero-order valence-electron chi connectivity index (χ0n) is 22.7. The van der Waals surface area contributed by atoms with E-state index in [1.54, 1.807) is 0 Å². The maximum Gasteiger partial charge on any atom is 0.323 e. The standard InChI is InChI=1S/C33H33N3O4/c1-24-19-32(40-17-7-3-6-15-34)28(22-36-16-18-39-23-31(36)33(37)38)20-27(24)14-13-26-11-8-12-29(30(26)21-35)25-9-4-2-5-10-25/h2,4-5,8-14,19-20,31H,3,6-7,16-18,22-23H2,1H3,(H,37,38). The average molecular weight is 536 g/mol. The molecular formula is C33H33N3O4. The van der Waals surface area contributed by atoms with Crippen molar-refractivity contribution in [3.05, 3.63) is 88.5 Å². The Balaban J connectivity index is 1.65. The first kappa shape index (κ1) is 28.6. The van der Waals surface area contributed by atoms with Gasteiger partial charge in [0, 0.05) is 30.6 Å². The predicted molar refractivity (Wildman–Crippen MR) is 154 cm³/mol. The molecule has 1 fully saturated rings. The molecule has 4 rings (SSSR count). The fourth-order valence-electron chi connectivity index (χ4n) is 4.82. The van der Waals surface area contributed by atoms with E-state index in [4.69, 9.17) is 14.7 Å². The van der Waals surface area contributed by atoms with E-state index in [1.807, 2.05) is 84.6 Å². The summed E-state index contributed by atoms with van der Waals surface area (Å²) in [5.74, 6) is -0.195. The molecule has 7 heteroatoms. The molecule has 204 valence electrons. The van der Waals surface area contributed by atoms with Crippen molar-refractivity contribution in [2.24, 2.45) is 0 Å². The Bertz CT molecular complexity index is 1440. The molecule has 0 radical (unpaired) electrons. The molecule has 40 heavy (non-hydrogen) atoms. The molecule has 0 amide bonds. The topological polar surface area (TPSA) is 107 Å². The SMILES string of the molecule is Cc1cc(OCCCCC#N)c(CN2CCOCC2C(=O)O)cc1C=Cc1cccc(-c2ccccc2)c1C#N. The summed E-state index contributed by atoms with van der Waals surface area (Å²) in [7, 11) is 0. The molecule has 1 N–H and O–H groups in total. The van der Waals surface area contributed by atoms with Crippen LogP contribution < -0.4 is 4.74 Å². The number of hydrogen-bond donors (Lipinski definition) is 1. The molecule has 0 saturated carbocycles. The van der Waals surface area contributed by atoms with Gasteiger partial charge in [0.05, 0.1) is 31.5 Å². The average Bonchev–Trinajstić information content (AvgIpc) is 2.97.